The van der Waals surface area contributed by atoms with Gasteiger partial charge in [0.15, 0.2) is 0 Å². The summed E-state index contributed by atoms with van der Waals surface area (Å²) in [6.07, 6.45) is 4.19. The minimum Gasteiger partial charge on any atom is -0.392 e. The van der Waals surface area contributed by atoms with Gasteiger partial charge in [-0.25, -0.2) is 9.97 Å². The van der Waals surface area contributed by atoms with Crippen molar-refractivity contribution < 1.29 is 5.11 Å². The van der Waals surface area contributed by atoms with E-state index in [4.69, 9.17) is 0 Å². The first-order chi connectivity index (χ1) is 7.93. The van der Waals surface area contributed by atoms with Gasteiger partial charge in [-0.15, -0.1) is 0 Å². The zero-order valence-corrected chi connectivity index (χ0v) is 11.2. The second kappa shape index (κ2) is 6.07. The molecule has 1 atom stereocenters. The van der Waals surface area contributed by atoms with Crippen LogP contribution in [0, 0.1) is 0 Å². The third-order valence-electron chi connectivity index (χ3n) is 2.56. The van der Waals surface area contributed by atoms with Gasteiger partial charge in [0.05, 0.1) is 6.10 Å². The Kier molecular flexibility index (Phi) is 5.02. The Morgan fingerprint density at radius 1 is 1.29 bits per heavy atom. The zero-order chi connectivity index (χ0) is 12.9. The number of nitrogens with zero attached hydrogens (tertiary/aromatic N) is 2. The molecule has 1 heterocycles. The van der Waals surface area contributed by atoms with Crippen molar-refractivity contribution >= 4 is 0 Å². The largest absolute Gasteiger partial charge is 0.392 e. The van der Waals surface area contributed by atoms with Crippen molar-refractivity contribution in [2.45, 2.75) is 52.2 Å². The van der Waals surface area contributed by atoms with Gasteiger partial charge in [0.1, 0.15) is 5.82 Å². The van der Waals surface area contributed by atoms with Crippen molar-refractivity contribution in [2.75, 3.05) is 6.54 Å². The average Bonchev–Trinajstić information content (AvgIpc) is 2.28. The first-order valence-corrected chi connectivity index (χ1v) is 6.13. The monoisotopic (exact) mass is 237 g/mol. The molecule has 1 unspecified atom stereocenters. The van der Waals surface area contributed by atoms with Crippen LogP contribution >= 0.6 is 0 Å². The summed E-state index contributed by atoms with van der Waals surface area (Å²) in [6, 6.07) is 0. The van der Waals surface area contributed by atoms with Crippen molar-refractivity contribution in [3.05, 3.63) is 23.8 Å². The second-order valence-electron chi connectivity index (χ2n) is 5.36. The highest BCUT2D eigenvalue weighted by Crippen LogP contribution is 2.16. The van der Waals surface area contributed by atoms with E-state index in [9.17, 15) is 5.11 Å². The Labute approximate surface area is 103 Å². The second-order valence-corrected chi connectivity index (χ2v) is 5.36. The Hall–Kier alpha value is -1.00. The summed E-state index contributed by atoms with van der Waals surface area (Å²) in [5.74, 6) is 0.856. The van der Waals surface area contributed by atoms with Gasteiger partial charge in [-0.2, -0.15) is 0 Å². The number of aromatic nitrogens is 2. The van der Waals surface area contributed by atoms with Crippen LogP contribution in [0.15, 0.2) is 12.4 Å². The molecule has 0 radical (unpaired) electrons. The van der Waals surface area contributed by atoms with Crippen molar-refractivity contribution in [3.8, 4) is 0 Å². The van der Waals surface area contributed by atoms with E-state index >= 15 is 0 Å². The number of hydrogen-bond acceptors (Lipinski definition) is 4. The normalized spacial score (nSPS) is 13.7. The van der Waals surface area contributed by atoms with E-state index in [1.165, 1.54) is 0 Å². The molecule has 4 nitrogen and oxygen atoms in total. The molecule has 0 fully saturated rings. The molecule has 0 spiro atoms. The summed E-state index contributed by atoms with van der Waals surface area (Å²) in [5.41, 5.74) is 1.03. The van der Waals surface area contributed by atoms with Crippen LogP contribution in [0.4, 0.5) is 0 Å². The predicted molar refractivity (Wildman–Crippen MR) is 68.7 cm³/mol. The van der Waals surface area contributed by atoms with E-state index in [0.717, 1.165) is 17.8 Å². The molecule has 1 aromatic heterocycles. The summed E-state index contributed by atoms with van der Waals surface area (Å²) in [5, 5.41) is 12.6. The van der Waals surface area contributed by atoms with Gasteiger partial charge in [0.25, 0.3) is 0 Å². The fraction of sp³-hybridized carbons (Fsp3) is 0.692. The lowest BCUT2D eigenvalue weighted by molar-refractivity contribution is 0.167. The van der Waals surface area contributed by atoms with Crippen molar-refractivity contribution in [3.63, 3.8) is 0 Å². The summed E-state index contributed by atoms with van der Waals surface area (Å²) in [4.78, 5) is 8.71. The number of nitrogens with one attached hydrogen (secondary N) is 1. The fourth-order valence-corrected chi connectivity index (χ4v) is 1.36. The maximum absolute atomic E-state index is 9.39. The Bertz CT molecular complexity index is 330. The predicted octanol–water partition coefficient (Wildman–Crippen LogP) is 1.63. The van der Waals surface area contributed by atoms with Crippen LogP contribution in [0.25, 0.3) is 0 Å². The third-order valence-corrected chi connectivity index (χ3v) is 2.56. The van der Waals surface area contributed by atoms with E-state index < -0.39 is 0 Å². The molecule has 2 N–H and O–H groups in total. The molecule has 0 saturated heterocycles. The van der Waals surface area contributed by atoms with Gasteiger partial charge in [0, 0.05) is 36.5 Å². The van der Waals surface area contributed by atoms with Crippen LogP contribution in [0.1, 0.15) is 45.5 Å². The van der Waals surface area contributed by atoms with Crippen molar-refractivity contribution in [1.29, 1.82) is 0 Å². The van der Waals surface area contributed by atoms with Gasteiger partial charge in [0.2, 0.25) is 0 Å². The molecule has 0 aliphatic heterocycles. The van der Waals surface area contributed by atoms with E-state index in [1.54, 1.807) is 0 Å². The summed E-state index contributed by atoms with van der Waals surface area (Å²) in [7, 11) is 0. The lowest BCUT2D eigenvalue weighted by Gasteiger charge is -2.16. The number of aliphatic hydroxyl groups is 1. The van der Waals surface area contributed by atoms with Gasteiger partial charge in [-0.05, 0) is 6.42 Å². The highest BCUT2D eigenvalue weighted by molar-refractivity contribution is 5.09. The van der Waals surface area contributed by atoms with Crippen molar-refractivity contribution in [2.24, 2.45) is 0 Å². The minimum absolute atomic E-state index is 0.00956. The van der Waals surface area contributed by atoms with Gasteiger partial charge < -0.3 is 10.4 Å². The zero-order valence-electron chi connectivity index (χ0n) is 11.2. The molecule has 4 heteroatoms. The van der Waals surface area contributed by atoms with E-state index in [2.05, 4.69) is 36.1 Å². The molecular weight excluding hydrogens is 214 g/mol. The van der Waals surface area contributed by atoms with Crippen LogP contribution in [0.2, 0.25) is 0 Å². The van der Waals surface area contributed by atoms with Gasteiger partial charge in [-0.1, -0.05) is 27.7 Å². The molecule has 1 rings (SSSR count). The highest BCUT2D eigenvalue weighted by Gasteiger charge is 2.16. The maximum Gasteiger partial charge on any atom is 0.133 e. The van der Waals surface area contributed by atoms with E-state index in [0.29, 0.717) is 13.1 Å². The Balaban J connectivity index is 2.46. The molecule has 0 aliphatic rings. The number of rotatable bonds is 5. The number of aliphatic hydroxyl groups excluding tert-OH is 1. The topological polar surface area (TPSA) is 58.0 Å². The lowest BCUT2D eigenvalue weighted by Crippen LogP contribution is -2.26. The van der Waals surface area contributed by atoms with Crippen molar-refractivity contribution in [1.82, 2.24) is 15.3 Å². The smallest absolute Gasteiger partial charge is 0.133 e. The molecule has 0 aliphatic carbocycles. The summed E-state index contributed by atoms with van der Waals surface area (Å²) < 4.78 is 0. The molecule has 0 saturated carbocycles. The van der Waals surface area contributed by atoms with Crippen LogP contribution in [-0.2, 0) is 12.0 Å². The highest BCUT2D eigenvalue weighted by atomic mass is 16.3. The first kappa shape index (κ1) is 14.1. The minimum atomic E-state index is -0.273. The van der Waals surface area contributed by atoms with Crippen LogP contribution in [0.3, 0.4) is 0 Å². The molecular formula is C13H23N3O. The molecule has 96 valence electrons. The molecule has 17 heavy (non-hydrogen) atoms. The summed E-state index contributed by atoms with van der Waals surface area (Å²) in [6.45, 7) is 9.56. The molecule has 0 amide bonds. The van der Waals surface area contributed by atoms with Crippen LogP contribution < -0.4 is 5.32 Å². The van der Waals surface area contributed by atoms with E-state index in [-0.39, 0.29) is 11.5 Å². The number of hydrogen-bond donors (Lipinski definition) is 2. The van der Waals surface area contributed by atoms with Gasteiger partial charge >= 0.3 is 0 Å². The fourth-order valence-electron chi connectivity index (χ4n) is 1.36. The standard InChI is InChI=1S/C13H23N3O/c1-5-11(17)9-14-6-10-7-15-12(16-8-10)13(2,3)4/h7-8,11,14,17H,5-6,9H2,1-4H3. The Morgan fingerprint density at radius 2 is 1.88 bits per heavy atom. The average molecular weight is 237 g/mol. The quantitative estimate of drug-likeness (QED) is 0.817. The van der Waals surface area contributed by atoms with E-state index in [1.807, 2.05) is 19.3 Å². The third kappa shape index (κ3) is 4.79. The molecule has 1 aromatic rings. The van der Waals surface area contributed by atoms with Gasteiger partial charge in [-0.3, -0.25) is 0 Å². The van der Waals surface area contributed by atoms with Crippen LogP contribution in [0.5, 0.6) is 0 Å². The molecule has 0 aromatic carbocycles. The lowest BCUT2D eigenvalue weighted by atomic mass is 9.96. The maximum atomic E-state index is 9.39. The van der Waals surface area contributed by atoms with Crippen LogP contribution in [-0.4, -0.2) is 27.7 Å². The molecule has 0 bridgehead atoms. The SMILES string of the molecule is CCC(O)CNCc1cnc(C(C)(C)C)nc1. The Morgan fingerprint density at radius 3 is 2.35 bits per heavy atom. The summed E-state index contributed by atoms with van der Waals surface area (Å²) >= 11 is 0. The first-order valence-electron chi connectivity index (χ1n) is 6.13.